The van der Waals surface area contributed by atoms with E-state index < -0.39 is 9.14 Å². The quantitative estimate of drug-likeness (QED) is 0.105. The van der Waals surface area contributed by atoms with E-state index in [-0.39, 0.29) is 18.9 Å². The molecule has 0 nitrogen and oxygen atoms in total. The van der Waals surface area contributed by atoms with Crippen molar-refractivity contribution in [3.05, 3.63) is 0 Å². The van der Waals surface area contributed by atoms with Gasteiger partial charge in [-0.2, -0.15) is 0 Å². The van der Waals surface area contributed by atoms with E-state index in [1.807, 2.05) is 0 Å². The van der Waals surface area contributed by atoms with Crippen LogP contribution in [0.2, 0.25) is 0 Å². The summed E-state index contributed by atoms with van der Waals surface area (Å²) in [4.78, 5) is 0. The first kappa shape index (κ1) is 29.5. The molecule has 0 radical (unpaired) electrons. The largest absolute Gasteiger partial charge is 1.00 e. The maximum absolute atomic E-state index is 5.42. The first-order valence-corrected chi connectivity index (χ1v) is 42.9. The Morgan fingerprint density at radius 2 is 0.118 bits per heavy atom. The van der Waals surface area contributed by atoms with Gasteiger partial charge in [0.2, 0.25) is 0 Å². The predicted octanol–water partition coefficient (Wildman–Crippen LogP) is 18.5. The van der Waals surface area contributed by atoms with Crippen molar-refractivity contribution in [3.63, 3.8) is 0 Å². The van der Waals surface area contributed by atoms with Crippen LogP contribution in [0.4, 0.5) is 0 Å². The Labute approximate surface area is 399 Å². The monoisotopic (exact) mass is 1060 g/mol. The average Bonchev–Trinajstić information content (AvgIpc) is 4.11. The molecule has 32 rings (SSSR count). The standard InChI is InChI=1S/C60.6ClH.Li.Sb/c1-2-5-6-3(1)8-12-10-4(1)9-11-7(2)17-21-13(5)23-24-14(6)22-18(8)28-20(12)30-26-16(10)15(9)25-29-19(11)27(17)37-41-31(21)33(23)43-44-34(24)32(22)42-38(28)48-40(30)46-36(26)35(25)45-39(29)47(37)55-49(41)51(43)57-52(44)50(42)56(48)59-54(46)53(45)58(55)60(57)59;;;;;;;;/h;6*1H;;/q;;;;;;;+1;+5/p-6. The van der Waals surface area contributed by atoms with Crippen LogP contribution in [0.1, 0.15) is 0 Å². The molecule has 0 fully saturated rings. The third-order valence-corrected chi connectivity index (χ3v) is 22.5. The molecule has 0 N–H and O–H groups in total. The molecule has 0 heterocycles. The van der Waals surface area contributed by atoms with E-state index >= 15 is 0 Å². The van der Waals surface area contributed by atoms with Crippen molar-refractivity contribution in [2.24, 2.45) is 0 Å². The average molecular weight is 1060 g/mol. The molecule has 0 saturated carbocycles. The van der Waals surface area contributed by atoms with Crippen molar-refractivity contribution in [3.8, 4) is 0 Å². The van der Waals surface area contributed by atoms with Gasteiger partial charge in [0.15, 0.2) is 0 Å². The Balaban J connectivity index is 0.000000363. The summed E-state index contributed by atoms with van der Waals surface area (Å²) in [5.74, 6) is 0. The van der Waals surface area contributed by atoms with Crippen LogP contribution >= 0.6 is 53.0 Å². The molecule has 0 saturated heterocycles. The van der Waals surface area contributed by atoms with Crippen molar-refractivity contribution in [1.29, 1.82) is 0 Å². The Kier molecular flexibility index (Phi) is 2.81. The molecule has 32 aromatic rings. The summed E-state index contributed by atoms with van der Waals surface area (Å²) in [6, 6.07) is 0. The van der Waals surface area contributed by atoms with Gasteiger partial charge in [-0.25, -0.2) is 0 Å². The second-order valence-corrected chi connectivity index (χ2v) is 80.4. The van der Waals surface area contributed by atoms with Crippen molar-refractivity contribution >= 4 is 385 Å². The van der Waals surface area contributed by atoms with Gasteiger partial charge in [0.05, 0.1) is 0 Å². The van der Waals surface area contributed by atoms with E-state index in [9.17, 15) is 0 Å². The molecule has 0 aliphatic heterocycles. The summed E-state index contributed by atoms with van der Waals surface area (Å²) in [5, 5.41) is 100. The molecule has 68 heavy (non-hydrogen) atoms. The first-order valence-electron chi connectivity index (χ1n) is 23.5. The van der Waals surface area contributed by atoms with Crippen LogP contribution in [0.3, 0.4) is 0 Å². The van der Waals surface area contributed by atoms with Gasteiger partial charge in [-0.15, -0.1) is 0 Å². The van der Waals surface area contributed by atoms with E-state index in [0.29, 0.717) is 0 Å². The topological polar surface area (TPSA) is 0 Å². The number of hydrogen-bond acceptors (Lipinski definition) is 0. The van der Waals surface area contributed by atoms with Crippen LogP contribution in [-0.4, -0.2) is 9.14 Å². The van der Waals surface area contributed by atoms with Gasteiger partial charge in [0.1, 0.15) is 0 Å². The second-order valence-electron chi connectivity index (χ2n) is 23.5. The van der Waals surface area contributed by atoms with Crippen LogP contribution in [0.25, 0.3) is 323 Å². The molecule has 32 aromatic carbocycles. The Morgan fingerprint density at radius 3 is 0.132 bits per heavy atom. The molecule has 0 unspecified atom stereocenters. The van der Waals surface area contributed by atoms with Gasteiger partial charge in [-0.05, 0) is 0 Å². The first-order chi connectivity index (χ1) is 32.4. The molecule has 0 bridgehead atoms. The van der Waals surface area contributed by atoms with Crippen LogP contribution in [-0.2, 0) is 0 Å². The minimum Gasteiger partial charge on any atom is 0 e. The van der Waals surface area contributed by atoms with Crippen LogP contribution in [0, 0.1) is 0 Å². The zero-order valence-corrected chi connectivity index (χ0v) is 40.8. The summed E-state index contributed by atoms with van der Waals surface area (Å²) in [6.45, 7) is 0. The van der Waals surface area contributed by atoms with Crippen LogP contribution < -0.4 is 18.9 Å². The van der Waals surface area contributed by atoms with Gasteiger partial charge in [-0.1, -0.05) is 0 Å². The van der Waals surface area contributed by atoms with E-state index in [4.69, 9.17) is 53.0 Å². The number of benzene rings is 20. The van der Waals surface area contributed by atoms with Crippen molar-refractivity contribution < 1.29 is 18.9 Å². The summed E-state index contributed by atoms with van der Waals surface area (Å²) >= 11 is 0. The normalized spacial score (nSPS) is 18.3. The molecule has 0 atom stereocenters. The fourth-order valence-corrected chi connectivity index (χ4v) is 22.5. The number of rotatable bonds is 0. The zero-order chi connectivity index (χ0) is 41.0. The molecule has 8 heteroatoms. The predicted molar refractivity (Wildman–Crippen MR) is 302 cm³/mol. The second kappa shape index (κ2) is 6.48. The molecule has 0 spiro atoms. The molecule has 0 aromatic heterocycles. The zero-order valence-electron chi connectivity index (χ0n) is 33.7. The molecule has 0 aliphatic rings. The smallest absolute Gasteiger partial charge is 0 e. The Morgan fingerprint density at radius 1 is 0.103 bits per heavy atom. The van der Waals surface area contributed by atoms with Gasteiger partial charge in [-0.3, -0.25) is 0 Å². The maximum Gasteiger partial charge on any atom is 1.00 e. The Hall–Kier alpha value is -4.64. The summed E-state index contributed by atoms with van der Waals surface area (Å²) in [5.41, 5.74) is 0. The molecular weight excluding hydrogens is 1060 g/mol. The van der Waals surface area contributed by atoms with E-state index in [1.165, 1.54) is 0 Å². The van der Waals surface area contributed by atoms with Gasteiger partial charge >= 0.3 is 81.0 Å². The molecule has 0 aliphatic carbocycles. The van der Waals surface area contributed by atoms with Gasteiger partial charge < -0.3 is 0 Å². The minimum atomic E-state index is -5.42. The fourth-order valence-electron chi connectivity index (χ4n) is 22.5. The van der Waals surface area contributed by atoms with E-state index in [0.717, 1.165) is 0 Å². The molecular formula is C60Cl6LiSb. The molecule has 288 valence electrons. The van der Waals surface area contributed by atoms with Gasteiger partial charge in [0.25, 0.3) is 0 Å². The van der Waals surface area contributed by atoms with Crippen molar-refractivity contribution in [2.45, 2.75) is 0 Å². The van der Waals surface area contributed by atoms with Crippen molar-refractivity contribution in [1.82, 2.24) is 0 Å². The third-order valence-electron chi connectivity index (χ3n) is 22.5. The summed E-state index contributed by atoms with van der Waals surface area (Å²) in [7, 11) is 25.0. The van der Waals surface area contributed by atoms with E-state index in [1.54, 1.807) is 323 Å². The van der Waals surface area contributed by atoms with Crippen molar-refractivity contribution in [2.75, 3.05) is 0 Å². The summed E-state index contributed by atoms with van der Waals surface area (Å²) in [6.07, 6.45) is 0. The van der Waals surface area contributed by atoms with Crippen LogP contribution in [0.15, 0.2) is 0 Å². The fraction of sp³-hybridized carbons (Fsp3) is 0. The third kappa shape index (κ3) is 1.77. The van der Waals surface area contributed by atoms with E-state index in [2.05, 4.69) is 0 Å². The summed E-state index contributed by atoms with van der Waals surface area (Å²) < 4.78 is 0. The number of halogens is 6. The van der Waals surface area contributed by atoms with Crippen LogP contribution in [0.5, 0.6) is 0 Å². The SMILES string of the molecule is [Cl][Sb-]([Cl])([Cl])([Cl])([Cl])[Cl].[Li+].c12c3c4c5c1c1c6c7c2c2c8c3c3c9c4c4c%10c5c5c1c1c6c6c%11c7c2c2c7c8c3c3c8c9c4c4c9c%10c5c5c1c1c6c6c%11c2c2c7c3c3c8c4c4c9c5c1c1c6c2c3c41. The number of hydrogen-bond donors (Lipinski definition) is 0. The Bertz CT molecular complexity index is 4320. The van der Waals surface area contributed by atoms with Gasteiger partial charge in [0, 0.05) is 323 Å². The minimum absolute atomic E-state index is 0. The maximum atomic E-state index is 5.06. The molecule has 0 amide bonds.